The Bertz CT molecular complexity index is 1720. The van der Waals surface area contributed by atoms with Crippen molar-refractivity contribution >= 4 is 22.6 Å². The van der Waals surface area contributed by atoms with Crippen molar-refractivity contribution in [2.75, 3.05) is 13.1 Å². The van der Waals surface area contributed by atoms with Crippen LogP contribution >= 0.6 is 0 Å². The molecule has 0 unspecified atom stereocenters. The van der Waals surface area contributed by atoms with Gasteiger partial charge >= 0.3 is 0 Å². The molecule has 2 aromatic carbocycles. The number of aliphatic hydroxyl groups is 1. The molecule has 1 aliphatic heterocycles. The number of pyridine rings is 1. The van der Waals surface area contributed by atoms with Crippen LogP contribution in [-0.4, -0.2) is 44.0 Å². The van der Waals surface area contributed by atoms with Gasteiger partial charge in [-0.1, -0.05) is 30.8 Å². The van der Waals surface area contributed by atoms with E-state index in [0.717, 1.165) is 11.1 Å². The standard InChI is InChI=1S/C31H30N4O4/c1-3-29(37)34-15-22(16-34)27-12-20-11-19(18-7-8-18)9-10-24(20)31(39)35(27)26-6-4-5-23(25(26)17-36)21-13-28(30(32)38)33(2)14-21/h3-6,9-14,18,22,36H,1,7-8,15-17H2,2H3,(H2,32,38). The highest BCUT2D eigenvalue weighted by Crippen LogP contribution is 2.41. The summed E-state index contributed by atoms with van der Waals surface area (Å²) in [5, 5.41) is 12.1. The number of likely N-dealkylation sites (tertiary alicyclic amines) is 1. The van der Waals surface area contributed by atoms with Gasteiger partial charge in [0, 0.05) is 54.5 Å². The Labute approximate surface area is 225 Å². The molecule has 1 saturated carbocycles. The van der Waals surface area contributed by atoms with Crippen molar-refractivity contribution in [1.29, 1.82) is 0 Å². The van der Waals surface area contributed by atoms with Gasteiger partial charge < -0.3 is 20.3 Å². The summed E-state index contributed by atoms with van der Waals surface area (Å²) in [5.41, 5.74) is 10.3. The Morgan fingerprint density at radius 3 is 2.51 bits per heavy atom. The van der Waals surface area contributed by atoms with Crippen molar-refractivity contribution in [2.45, 2.75) is 31.3 Å². The maximum absolute atomic E-state index is 14.1. The number of aryl methyl sites for hydroxylation is 1. The first kappa shape index (κ1) is 24.9. The molecule has 39 heavy (non-hydrogen) atoms. The van der Waals surface area contributed by atoms with Gasteiger partial charge in [0.15, 0.2) is 0 Å². The summed E-state index contributed by atoms with van der Waals surface area (Å²) in [7, 11) is 1.74. The van der Waals surface area contributed by atoms with Crippen LogP contribution in [0.2, 0.25) is 0 Å². The summed E-state index contributed by atoms with van der Waals surface area (Å²) in [6.07, 6.45) is 5.42. The number of nitrogens with zero attached hydrogens (tertiary/aromatic N) is 3. The number of carbonyl (C=O) groups is 2. The first-order valence-corrected chi connectivity index (χ1v) is 13.1. The molecule has 8 heteroatoms. The van der Waals surface area contributed by atoms with Crippen molar-refractivity contribution in [1.82, 2.24) is 14.0 Å². The second-order valence-electron chi connectivity index (χ2n) is 10.5. The number of aromatic nitrogens is 2. The van der Waals surface area contributed by atoms with Gasteiger partial charge in [-0.15, -0.1) is 0 Å². The lowest BCUT2D eigenvalue weighted by Gasteiger charge is -2.40. The minimum absolute atomic E-state index is 0.0519. The smallest absolute Gasteiger partial charge is 0.265 e. The molecule has 2 aromatic heterocycles. The predicted molar refractivity (Wildman–Crippen MR) is 150 cm³/mol. The van der Waals surface area contributed by atoms with Gasteiger partial charge in [0.1, 0.15) is 5.69 Å². The maximum Gasteiger partial charge on any atom is 0.265 e. The van der Waals surface area contributed by atoms with E-state index in [1.807, 2.05) is 30.3 Å². The molecule has 2 fully saturated rings. The minimum atomic E-state index is -0.548. The van der Waals surface area contributed by atoms with Crippen LogP contribution in [0.1, 0.15) is 52.0 Å². The normalized spacial score (nSPS) is 15.4. The van der Waals surface area contributed by atoms with Crippen LogP contribution in [-0.2, 0) is 18.4 Å². The van der Waals surface area contributed by atoms with Gasteiger partial charge in [-0.25, -0.2) is 0 Å². The monoisotopic (exact) mass is 522 g/mol. The van der Waals surface area contributed by atoms with Gasteiger partial charge in [-0.2, -0.15) is 0 Å². The van der Waals surface area contributed by atoms with E-state index in [1.165, 1.54) is 24.5 Å². The third kappa shape index (κ3) is 4.17. The third-order valence-corrected chi connectivity index (χ3v) is 8.02. The lowest BCUT2D eigenvalue weighted by atomic mass is 9.92. The van der Waals surface area contributed by atoms with Crippen molar-refractivity contribution in [3.63, 3.8) is 0 Å². The molecule has 3 heterocycles. The summed E-state index contributed by atoms with van der Waals surface area (Å²) < 4.78 is 3.34. The van der Waals surface area contributed by atoms with Gasteiger partial charge in [0.05, 0.1) is 12.3 Å². The van der Waals surface area contributed by atoms with Crippen molar-refractivity contribution in [3.8, 4) is 16.8 Å². The van der Waals surface area contributed by atoms with E-state index < -0.39 is 5.91 Å². The summed E-state index contributed by atoms with van der Waals surface area (Å²) in [6, 6.07) is 15.3. The first-order valence-electron chi connectivity index (χ1n) is 13.1. The average molecular weight is 523 g/mol. The minimum Gasteiger partial charge on any atom is -0.392 e. The average Bonchev–Trinajstić information content (AvgIpc) is 3.68. The number of nitrogens with two attached hydrogens (primary N) is 1. The third-order valence-electron chi connectivity index (χ3n) is 8.02. The summed E-state index contributed by atoms with van der Waals surface area (Å²) >= 11 is 0. The molecular weight excluding hydrogens is 492 g/mol. The molecule has 4 aromatic rings. The van der Waals surface area contributed by atoms with Gasteiger partial charge in [-0.3, -0.25) is 19.0 Å². The van der Waals surface area contributed by atoms with Gasteiger partial charge in [0.2, 0.25) is 5.91 Å². The molecule has 198 valence electrons. The van der Waals surface area contributed by atoms with E-state index in [2.05, 4.69) is 18.7 Å². The van der Waals surface area contributed by atoms with E-state index in [4.69, 9.17) is 5.73 Å². The molecule has 1 aliphatic carbocycles. The Balaban J connectivity index is 1.55. The highest BCUT2D eigenvalue weighted by Gasteiger charge is 2.34. The summed E-state index contributed by atoms with van der Waals surface area (Å²) in [5.74, 6) is -0.181. The van der Waals surface area contributed by atoms with Crippen molar-refractivity contribution in [3.05, 3.63) is 100 Å². The van der Waals surface area contributed by atoms with E-state index in [0.29, 0.717) is 52.5 Å². The molecule has 0 spiro atoms. The molecule has 6 rings (SSSR count). The van der Waals surface area contributed by atoms with Crippen molar-refractivity contribution < 1.29 is 14.7 Å². The van der Waals surface area contributed by atoms with E-state index in [-0.39, 0.29) is 24.0 Å². The van der Waals surface area contributed by atoms with E-state index in [9.17, 15) is 19.5 Å². The largest absolute Gasteiger partial charge is 0.392 e. The maximum atomic E-state index is 14.1. The number of fused-ring (bicyclic) bond motifs is 1. The number of hydrogen-bond donors (Lipinski definition) is 2. The van der Waals surface area contributed by atoms with E-state index in [1.54, 1.807) is 33.3 Å². The fourth-order valence-corrected chi connectivity index (χ4v) is 5.73. The molecule has 3 N–H and O–H groups in total. The second-order valence-corrected chi connectivity index (χ2v) is 10.5. The number of aliphatic hydroxyl groups excluding tert-OH is 1. The van der Waals surface area contributed by atoms with Crippen LogP contribution in [0.3, 0.4) is 0 Å². The lowest BCUT2D eigenvalue weighted by molar-refractivity contribution is -0.130. The molecule has 0 bridgehead atoms. The highest BCUT2D eigenvalue weighted by atomic mass is 16.3. The number of benzene rings is 2. The Kier molecular flexibility index (Phi) is 5.99. The molecule has 8 nitrogen and oxygen atoms in total. The number of carbonyl (C=O) groups excluding carboxylic acids is 2. The summed E-state index contributed by atoms with van der Waals surface area (Å²) in [4.78, 5) is 39.9. The van der Waals surface area contributed by atoms with Gasteiger partial charge in [-0.05, 0) is 65.6 Å². The Morgan fingerprint density at radius 2 is 1.87 bits per heavy atom. The van der Waals surface area contributed by atoms with Crippen LogP contribution in [0.25, 0.3) is 27.6 Å². The van der Waals surface area contributed by atoms with Crippen LogP contribution < -0.4 is 11.3 Å². The van der Waals surface area contributed by atoms with Crippen molar-refractivity contribution in [2.24, 2.45) is 12.8 Å². The number of amides is 2. The fourth-order valence-electron chi connectivity index (χ4n) is 5.73. The Morgan fingerprint density at radius 1 is 1.10 bits per heavy atom. The van der Waals surface area contributed by atoms with Crippen LogP contribution in [0.15, 0.2) is 72.2 Å². The predicted octanol–water partition coefficient (Wildman–Crippen LogP) is 3.58. The zero-order valence-electron chi connectivity index (χ0n) is 21.8. The summed E-state index contributed by atoms with van der Waals surface area (Å²) in [6.45, 7) is 4.23. The van der Waals surface area contributed by atoms with E-state index >= 15 is 0 Å². The molecule has 1 saturated heterocycles. The highest BCUT2D eigenvalue weighted by molar-refractivity contribution is 5.93. The molecule has 2 aliphatic rings. The molecule has 0 radical (unpaired) electrons. The molecule has 0 atom stereocenters. The van der Waals surface area contributed by atoms with Crippen LogP contribution in [0, 0.1) is 0 Å². The zero-order chi connectivity index (χ0) is 27.4. The second kappa shape index (κ2) is 9.39. The number of rotatable bonds is 7. The number of hydrogen-bond acceptors (Lipinski definition) is 4. The quantitative estimate of drug-likeness (QED) is 0.362. The molecule has 2 amide bonds. The SMILES string of the molecule is C=CC(=O)N1CC(c2cc3cc(C4CC4)ccc3c(=O)n2-c2cccc(-c3cc(C(N)=O)n(C)c3)c2CO)C1. The fraction of sp³-hybridized carbons (Fsp3) is 0.258. The number of primary amides is 1. The van der Waals surface area contributed by atoms with Crippen LogP contribution in [0.5, 0.6) is 0 Å². The Hall–Kier alpha value is -4.43. The first-order chi connectivity index (χ1) is 18.8. The molecular formula is C31H30N4O4. The zero-order valence-corrected chi connectivity index (χ0v) is 21.8. The topological polar surface area (TPSA) is 111 Å². The van der Waals surface area contributed by atoms with Crippen LogP contribution in [0.4, 0.5) is 0 Å². The lowest BCUT2D eigenvalue weighted by Crippen LogP contribution is -2.49. The van der Waals surface area contributed by atoms with Gasteiger partial charge in [0.25, 0.3) is 11.5 Å².